The number of hydrogen-bond acceptors (Lipinski definition) is 6. The highest BCUT2D eigenvalue weighted by Crippen LogP contribution is 2.16. The topological polar surface area (TPSA) is 78.9 Å². The van der Waals surface area contributed by atoms with Gasteiger partial charge in [0.25, 0.3) is 0 Å². The van der Waals surface area contributed by atoms with E-state index in [1.807, 2.05) is 6.08 Å². The zero-order chi connectivity index (χ0) is 58.5. The lowest BCUT2D eigenvalue weighted by Gasteiger charge is -2.18. The van der Waals surface area contributed by atoms with Crippen molar-refractivity contribution in [1.82, 2.24) is 0 Å². The van der Waals surface area contributed by atoms with E-state index in [9.17, 15) is 14.4 Å². The highest BCUT2D eigenvalue weighted by atomic mass is 16.6. The highest BCUT2D eigenvalue weighted by molar-refractivity contribution is 5.71. The summed E-state index contributed by atoms with van der Waals surface area (Å²) in [5.41, 5.74) is 0. The first kappa shape index (κ1) is 76.3. The summed E-state index contributed by atoms with van der Waals surface area (Å²) in [5, 5.41) is 0. The van der Waals surface area contributed by atoms with E-state index in [1.54, 1.807) is 0 Å². The van der Waals surface area contributed by atoms with Crippen molar-refractivity contribution < 1.29 is 28.6 Å². The molecule has 0 N–H and O–H groups in total. The molecule has 1 unspecified atom stereocenters. The standard InChI is InChI=1S/C75H122O6/c1-4-7-10-13-16-19-22-25-27-29-31-33-35-37-39-41-43-45-47-50-53-56-59-62-65-68-74(77)80-71-72(70-79-73(76)67-64-61-58-55-52-49-24-21-18-15-12-9-6-3)81-75(78)69-66-63-60-57-54-51-48-46-44-42-40-38-36-34-32-30-28-26-23-20-17-14-11-8-5-2/h7,9-10,12,16,18-19,21,25,27,30-33,37,39,43,45,49-50,52-53,58,61,72H,4-6,8,11,13-15,17,20,22-24,26,28-29,34-36,38,40-42,44,46-48,51,54-57,59-60,62-71H2,1-3H3/b10-7-,12-9-,19-16-,21-18-,27-25-,32-30-,33-31-,39-37-,45-43-,52-49-,53-50-,61-58-. The van der Waals surface area contributed by atoms with Gasteiger partial charge >= 0.3 is 17.9 Å². The largest absolute Gasteiger partial charge is 0.462 e. The molecule has 0 rings (SSSR count). The summed E-state index contributed by atoms with van der Waals surface area (Å²) in [5.74, 6) is -1.03. The van der Waals surface area contributed by atoms with Crippen LogP contribution in [0.4, 0.5) is 0 Å². The second kappa shape index (κ2) is 67.8. The lowest BCUT2D eigenvalue weighted by Crippen LogP contribution is -2.30. The van der Waals surface area contributed by atoms with Gasteiger partial charge in [-0.3, -0.25) is 14.4 Å². The number of allylic oxidation sites excluding steroid dienone is 24. The number of carbonyl (C=O) groups is 3. The van der Waals surface area contributed by atoms with Crippen molar-refractivity contribution in [2.75, 3.05) is 13.2 Å². The third-order valence-corrected chi connectivity index (χ3v) is 13.8. The molecule has 1 atom stereocenters. The van der Waals surface area contributed by atoms with Crippen LogP contribution < -0.4 is 0 Å². The average molecular weight is 1120 g/mol. The van der Waals surface area contributed by atoms with Gasteiger partial charge in [0.2, 0.25) is 0 Å². The summed E-state index contributed by atoms with van der Waals surface area (Å²) in [7, 11) is 0. The van der Waals surface area contributed by atoms with E-state index in [1.165, 1.54) is 128 Å². The maximum absolute atomic E-state index is 12.9. The van der Waals surface area contributed by atoms with Crippen LogP contribution in [0.5, 0.6) is 0 Å². The number of rotatable bonds is 59. The molecule has 0 aliphatic carbocycles. The van der Waals surface area contributed by atoms with Crippen LogP contribution in [0.2, 0.25) is 0 Å². The molecule has 0 aliphatic rings. The molecule has 0 aromatic heterocycles. The van der Waals surface area contributed by atoms with Crippen molar-refractivity contribution in [3.63, 3.8) is 0 Å². The van der Waals surface area contributed by atoms with Gasteiger partial charge in [-0.25, -0.2) is 0 Å². The first-order valence-corrected chi connectivity index (χ1v) is 33.3. The lowest BCUT2D eigenvalue weighted by molar-refractivity contribution is -0.166. The molecule has 0 fully saturated rings. The first-order valence-electron chi connectivity index (χ1n) is 33.3. The smallest absolute Gasteiger partial charge is 0.306 e. The van der Waals surface area contributed by atoms with Crippen molar-refractivity contribution in [3.05, 3.63) is 146 Å². The Morgan fingerprint density at radius 2 is 0.506 bits per heavy atom. The van der Waals surface area contributed by atoms with Gasteiger partial charge in [0.15, 0.2) is 6.10 Å². The average Bonchev–Trinajstić information content (AvgIpc) is 3.46. The molecule has 6 nitrogen and oxygen atoms in total. The minimum Gasteiger partial charge on any atom is -0.462 e. The summed E-state index contributed by atoms with van der Waals surface area (Å²) >= 11 is 0. The molecule has 0 heterocycles. The van der Waals surface area contributed by atoms with Gasteiger partial charge in [-0.15, -0.1) is 0 Å². The molecule has 6 heteroatoms. The van der Waals surface area contributed by atoms with Gasteiger partial charge in [0.1, 0.15) is 13.2 Å². The number of carbonyl (C=O) groups excluding carboxylic acids is 3. The lowest BCUT2D eigenvalue weighted by atomic mass is 10.0. The Labute approximate surface area is 499 Å². The molecule has 0 radical (unpaired) electrons. The van der Waals surface area contributed by atoms with Crippen molar-refractivity contribution in [3.8, 4) is 0 Å². The molecule has 0 aromatic rings. The fourth-order valence-electron chi connectivity index (χ4n) is 8.90. The summed E-state index contributed by atoms with van der Waals surface area (Å²) in [4.78, 5) is 38.3. The van der Waals surface area contributed by atoms with Crippen LogP contribution in [-0.2, 0) is 28.6 Å². The quantitative estimate of drug-likeness (QED) is 0.0261. The Kier molecular flexibility index (Phi) is 63.9. The number of esters is 3. The molecule has 0 aliphatic heterocycles. The maximum Gasteiger partial charge on any atom is 0.306 e. The molecule has 458 valence electrons. The third kappa shape index (κ3) is 66.0. The molecular formula is C75H122O6. The molecule has 81 heavy (non-hydrogen) atoms. The number of ether oxygens (including phenoxy) is 3. The third-order valence-electron chi connectivity index (χ3n) is 13.8. The van der Waals surface area contributed by atoms with E-state index < -0.39 is 6.10 Å². The minimum atomic E-state index is -0.828. The van der Waals surface area contributed by atoms with Crippen molar-refractivity contribution in [2.24, 2.45) is 0 Å². The fraction of sp³-hybridized carbons (Fsp3) is 0.640. The molecular weight excluding hydrogens is 997 g/mol. The Balaban J connectivity index is 4.43. The predicted octanol–water partition coefficient (Wildman–Crippen LogP) is 23.1. The van der Waals surface area contributed by atoms with Crippen molar-refractivity contribution in [1.29, 1.82) is 0 Å². The minimum absolute atomic E-state index is 0.122. The van der Waals surface area contributed by atoms with Crippen LogP contribution in [0.3, 0.4) is 0 Å². The molecule has 0 aromatic carbocycles. The monoisotopic (exact) mass is 1120 g/mol. The fourth-order valence-corrected chi connectivity index (χ4v) is 8.90. The van der Waals surface area contributed by atoms with E-state index in [0.717, 1.165) is 116 Å². The van der Waals surface area contributed by atoms with Crippen LogP contribution in [0.25, 0.3) is 0 Å². The van der Waals surface area contributed by atoms with E-state index >= 15 is 0 Å². The van der Waals surface area contributed by atoms with Gasteiger partial charge in [-0.1, -0.05) is 289 Å². The Morgan fingerprint density at radius 1 is 0.259 bits per heavy atom. The Bertz CT molecular complexity index is 1760. The normalized spacial score (nSPS) is 13.1. The van der Waals surface area contributed by atoms with Gasteiger partial charge < -0.3 is 14.2 Å². The molecule has 0 saturated heterocycles. The summed E-state index contributed by atoms with van der Waals surface area (Å²) in [6.07, 6.45) is 97.4. The van der Waals surface area contributed by atoms with E-state index in [0.29, 0.717) is 19.3 Å². The van der Waals surface area contributed by atoms with E-state index in [-0.39, 0.29) is 37.5 Å². The number of unbranched alkanes of at least 4 members (excludes halogenated alkanes) is 24. The van der Waals surface area contributed by atoms with E-state index in [4.69, 9.17) is 14.2 Å². The highest BCUT2D eigenvalue weighted by Gasteiger charge is 2.19. The second-order valence-electron chi connectivity index (χ2n) is 21.6. The zero-order valence-corrected chi connectivity index (χ0v) is 52.5. The van der Waals surface area contributed by atoms with Crippen LogP contribution in [0.15, 0.2) is 146 Å². The molecule has 0 amide bonds. The molecule has 0 spiro atoms. The zero-order valence-electron chi connectivity index (χ0n) is 52.5. The van der Waals surface area contributed by atoms with Crippen molar-refractivity contribution in [2.45, 2.75) is 297 Å². The van der Waals surface area contributed by atoms with E-state index in [2.05, 4.69) is 161 Å². The van der Waals surface area contributed by atoms with Crippen LogP contribution >= 0.6 is 0 Å². The van der Waals surface area contributed by atoms with Crippen molar-refractivity contribution >= 4 is 17.9 Å². The van der Waals surface area contributed by atoms with Gasteiger partial charge in [-0.2, -0.15) is 0 Å². The summed E-state index contributed by atoms with van der Waals surface area (Å²) in [6, 6.07) is 0. The SMILES string of the molecule is CC/C=C\C/C=C\C/C=C\C/C=C\C/C=C\C/C=C\C/C=C\CCCCCC(=O)OCC(COC(=O)CC/C=C\C/C=C\C/C=C\C/C=C\CC)OC(=O)CCCCCCCCCCCCCCC/C=C\CCCCCCCCCC. The van der Waals surface area contributed by atoms with Gasteiger partial charge in [0.05, 0.1) is 0 Å². The second-order valence-corrected chi connectivity index (χ2v) is 21.6. The number of hydrogen-bond donors (Lipinski definition) is 0. The van der Waals surface area contributed by atoms with Crippen LogP contribution in [-0.4, -0.2) is 37.2 Å². The molecule has 0 bridgehead atoms. The predicted molar refractivity (Wildman–Crippen MR) is 352 cm³/mol. The van der Waals surface area contributed by atoms with Crippen LogP contribution in [0.1, 0.15) is 290 Å². The van der Waals surface area contributed by atoms with Gasteiger partial charge in [-0.05, 0) is 128 Å². The Morgan fingerprint density at radius 3 is 0.852 bits per heavy atom. The Hall–Kier alpha value is -4.71. The molecule has 0 saturated carbocycles. The maximum atomic E-state index is 12.9. The summed E-state index contributed by atoms with van der Waals surface area (Å²) in [6.45, 7) is 6.33. The van der Waals surface area contributed by atoms with Crippen LogP contribution in [0, 0.1) is 0 Å². The first-order chi connectivity index (χ1) is 40.0. The summed E-state index contributed by atoms with van der Waals surface area (Å²) < 4.78 is 16.8. The van der Waals surface area contributed by atoms with Gasteiger partial charge in [0, 0.05) is 19.3 Å².